The van der Waals surface area contributed by atoms with E-state index in [1.54, 1.807) is 4.57 Å². The molecule has 1 atom stereocenters. The number of hydrogen-bond acceptors (Lipinski definition) is 4. The normalized spacial score (nSPS) is 12.4. The van der Waals surface area contributed by atoms with Gasteiger partial charge < -0.3 is 10.1 Å². The maximum absolute atomic E-state index is 12.9. The number of thiazole rings is 1. The highest BCUT2D eigenvalue weighted by molar-refractivity contribution is 7.16. The zero-order valence-corrected chi connectivity index (χ0v) is 18.0. The Labute approximate surface area is 178 Å². The lowest BCUT2D eigenvalue weighted by Crippen LogP contribution is -2.32. The number of fused-ring (bicyclic) bond motifs is 2. The fourth-order valence-corrected chi connectivity index (χ4v) is 4.65. The van der Waals surface area contributed by atoms with Gasteiger partial charge in [-0.15, -0.1) is 0 Å². The molecule has 1 amide bonds. The Bertz CT molecular complexity index is 1270. The topological polar surface area (TPSA) is 60.3 Å². The molecule has 0 aliphatic heterocycles. The van der Waals surface area contributed by atoms with Crippen LogP contribution in [0.2, 0.25) is 0 Å². The highest BCUT2D eigenvalue weighted by Crippen LogP contribution is 2.28. The Hall–Kier alpha value is -3.12. The number of nitrogens with one attached hydrogen (secondary N) is 1. The van der Waals surface area contributed by atoms with Crippen molar-refractivity contribution in [3.8, 4) is 5.75 Å². The Morgan fingerprint density at radius 2 is 1.87 bits per heavy atom. The lowest BCUT2D eigenvalue weighted by Gasteiger charge is -2.18. The first-order valence-corrected chi connectivity index (χ1v) is 10.9. The van der Waals surface area contributed by atoms with Gasteiger partial charge in [-0.25, -0.2) is 0 Å². The van der Waals surface area contributed by atoms with Crippen molar-refractivity contribution in [2.24, 2.45) is 0 Å². The van der Waals surface area contributed by atoms with Gasteiger partial charge in [0, 0.05) is 17.1 Å². The van der Waals surface area contributed by atoms with Crippen LogP contribution in [0.4, 0.5) is 5.69 Å². The molecule has 1 N–H and O–H groups in total. The van der Waals surface area contributed by atoms with Crippen molar-refractivity contribution >= 4 is 43.9 Å². The second-order valence-corrected chi connectivity index (χ2v) is 8.49. The molecular weight excluding hydrogens is 396 g/mol. The highest BCUT2D eigenvalue weighted by Gasteiger charge is 2.20. The van der Waals surface area contributed by atoms with E-state index in [1.807, 2.05) is 81.4 Å². The molecule has 4 aromatic rings. The lowest BCUT2D eigenvalue weighted by atomic mass is 10.1. The summed E-state index contributed by atoms with van der Waals surface area (Å²) in [7, 11) is 0. The minimum absolute atomic E-state index is 0.00852. The summed E-state index contributed by atoms with van der Waals surface area (Å²) in [5.41, 5.74) is 1.54. The van der Waals surface area contributed by atoms with E-state index < -0.39 is 6.10 Å². The van der Waals surface area contributed by atoms with E-state index in [0.717, 1.165) is 21.0 Å². The third-order valence-corrected chi connectivity index (χ3v) is 6.00. The molecule has 0 aliphatic rings. The number of carbonyl (C=O) groups excluding carboxylic acids is 1. The number of anilines is 1. The Morgan fingerprint density at radius 1 is 1.10 bits per heavy atom. The van der Waals surface area contributed by atoms with E-state index in [2.05, 4.69) is 5.32 Å². The van der Waals surface area contributed by atoms with Crippen LogP contribution in [0.1, 0.15) is 33.2 Å². The van der Waals surface area contributed by atoms with Gasteiger partial charge in [0.15, 0.2) is 6.10 Å². The molecule has 0 saturated carbocycles. The van der Waals surface area contributed by atoms with Crippen molar-refractivity contribution in [1.82, 2.24) is 4.57 Å². The summed E-state index contributed by atoms with van der Waals surface area (Å²) in [6.07, 6.45) is -0.0838. The molecule has 0 bridgehead atoms. The van der Waals surface area contributed by atoms with Gasteiger partial charge in [0.1, 0.15) is 5.75 Å². The fraction of sp³-hybridized carbons (Fsp3) is 0.250. The van der Waals surface area contributed by atoms with E-state index in [4.69, 9.17) is 4.74 Å². The molecule has 154 valence electrons. The van der Waals surface area contributed by atoms with Crippen molar-refractivity contribution in [1.29, 1.82) is 0 Å². The number of aromatic nitrogens is 1. The van der Waals surface area contributed by atoms with Crippen LogP contribution >= 0.6 is 11.3 Å². The quantitative estimate of drug-likeness (QED) is 0.442. The Morgan fingerprint density at radius 3 is 2.63 bits per heavy atom. The van der Waals surface area contributed by atoms with Crippen LogP contribution in [-0.4, -0.2) is 16.6 Å². The number of rotatable bonds is 6. The fourth-order valence-electron chi connectivity index (χ4n) is 3.60. The molecular formula is C24H24N2O3S. The number of ether oxygens (including phenoxy) is 1. The molecule has 6 heteroatoms. The van der Waals surface area contributed by atoms with Gasteiger partial charge in [0.2, 0.25) is 0 Å². The molecule has 3 aromatic carbocycles. The standard InChI is InChI=1S/C24H24N2O3S/c1-4-20(29-21-11-7-9-16-8-5-6-10-18(16)21)23(27)25-17-12-13-19-22(14-17)30-24(28)26(19)15(2)3/h5-15,20H,4H2,1-3H3,(H,25,27)/t20-/m0/s1. The average Bonchev–Trinajstić information content (AvgIpc) is 3.07. The third-order valence-electron chi connectivity index (χ3n) is 5.08. The number of carbonyl (C=O) groups is 1. The molecule has 0 saturated heterocycles. The van der Waals surface area contributed by atoms with Gasteiger partial charge >= 0.3 is 4.87 Å². The third kappa shape index (κ3) is 3.83. The van der Waals surface area contributed by atoms with Gasteiger partial charge in [-0.1, -0.05) is 54.7 Å². The molecule has 0 aliphatic carbocycles. The largest absolute Gasteiger partial charge is 0.480 e. The molecule has 4 rings (SSSR count). The van der Waals surface area contributed by atoms with Crippen LogP contribution in [-0.2, 0) is 4.79 Å². The predicted octanol–water partition coefficient (Wildman–Crippen LogP) is 5.59. The second-order valence-electron chi connectivity index (χ2n) is 7.50. The smallest absolute Gasteiger partial charge is 0.308 e. The number of amides is 1. The molecule has 30 heavy (non-hydrogen) atoms. The summed E-state index contributed by atoms with van der Waals surface area (Å²) >= 11 is 1.19. The van der Waals surface area contributed by atoms with Crippen LogP contribution in [0.3, 0.4) is 0 Å². The zero-order valence-electron chi connectivity index (χ0n) is 17.2. The van der Waals surface area contributed by atoms with Gasteiger partial charge in [0.25, 0.3) is 5.91 Å². The van der Waals surface area contributed by atoms with Gasteiger partial charge in [-0.3, -0.25) is 14.2 Å². The number of nitrogens with zero attached hydrogens (tertiary/aromatic N) is 1. The summed E-state index contributed by atoms with van der Waals surface area (Å²) < 4.78 is 8.71. The maximum Gasteiger partial charge on any atom is 0.308 e. The van der Waals surface area contributed by atoms with Crippen LogP contribution < -0.4 is 14.9 Å². The van der Waals surface area contributed by atoms with Gasteiger partial charge in [-0.2, -0.15) is 0 Å². The number of benzene rings is 3. The van der Waals surface area contributed by atoms with Crippen molar-refractivity contribution in [2.75, 3.05) is 5.32 Å². The zero-order chi connectivity index (χ0) is 21.3. The van der Waals surface area contributed by atoms with Crippen molar-refractivity contribution in [2.45, 2.75) is 39.3 Å². The van der Waals surface area contributed by atoms with E-state index in [1.165, 1.54) is 11.3 Å². The van der Waals surface area contributed by atoms with Crippen LogP contribution in [0.15, 0.2) is 65.5 Å². The monoisotopic (exact) mass is 420 g/mol. The van der Waals surface area contributed by atoms with Crippen molar-refractivity contribution in [3.05, 3.63) is 70.3 Å². The summed E-state index contributed by atoms with van der Waals surface area (Å²) in [6.45, 7) is 5.90. The number of hydrogen-bond donors (Lipinski definition) is 1. The van der Waals surface area contributed by atoms with Crippen LogP contribution in [0, 0.1) is 0 Å². The molecule has 0 radical (unpaired) electrons. The Kier molecular flexibility index (Phi) is 5.59. The second kappa shape index (κ2) is 8.32. The van der Waals surface area contributed by atoms with Crippen LogP contribution in [0.25, 0.3) is 21.0 Å². The first-order chi connectivity index (χ1) is 14.5. The van der Waals surface area contributed by atoms with E-state index in [-0.39, 0.29) is 16.8 Å². The van der Waals surface area contributed by atoms with E-state index >= 15 is 0 Å². The van der Waals surface area contributed by atoms with Crippen molar-refractivity contribution < 1.29 is 9.53 Å². The molecule has 0 spiro atoms. The van der Waals surface area contributed by atoms with Crippen LogP contribution in [0.5, 0.6) is 5.75 Å². The van der Waals surface area contributed by atoms with E-state index in [9.17, 15) is 9.59 Å². The minimum atomic E-state index is -0.620. The van der Waals surface area contributed by atoms with E-state index in [0.29, 0.717) is 17.9 Å². The molecule has 0 fully saturated rings. The van der Waals surface area contributed by atoms with Gasteiger partial charge in [0.05, 0.1) is 10.2 Å². The molecule has 1 heterocycles. The first-order valence-electron chi connectivity index (χ1n) is 10.1. The van der Waals surface area contributed by atoms with Crippen molar-refractivity contribution in [3.63, 3.8) is 0 Å². The predicted molar refractivity (Wildman–Crippen MR) is 124 cm³/mol. The molecule has 1 aromatic heterocycles. The first kappa shape index (κ1) is 20.2. The summed E-state index contributed by atoms with van der Waals surface area (Å²) in [6, 6.07) is 19.4. The minimum Gasteiger partial charge on any atom is -0.480 e. The highest BCUT2D eigenvalue weighted by atomic mass is 32.1. The average molecular weight is 421 g/mol. The molecule has 0 unspecified atom stereocenters. The summed E-state index contributed by atoms with van der Waals surface area (Å²) in [4.78, 5) is 25.2. The Balaban J connectivity index is 1.56. The lowest BCUT2D eigenvalue weighted by molar-refractivity contribution is -0.122. The van der Waals surface area contributed by atoms with Gasteiger partial charge in [-0.05, 0) is 49.9 Å². The SMILES string of the molecule is CC[C@H](Oc1cccc2ccccc12)C(=O)Nc1ccc2c(c1)sc(=O)n2C(C)C. The molecule has 5 nitrogen and oxygen atoms in total. The summed E-state index contributed by atoms with van der Waals surface area (Å²) in [5.74, 6) is 0.484. The summed E-state index contributed by atoms with van der Waals surface area (Å²) in [5, 5.41) is 4.99. The maximum atomic E-state index is 12.9.